The molecule has 12 aromatic carbocycles. The number of hydrogen-bond donors (Lipinski definition) is 0. The number of benzene rings is 12. The van der Waals surface area contributed by atoms with Crippen LogP contribution in [0.5, 0.6) is 23.0 Å². The maximum Gasteiger partial charge on any atom is 0.132 e. The van der Waals surface area contributed by atoms with Crippen LogP contribution in [0.15, 0.2) is 285 Å². The van der Waals surface area contributed by atoms with Gasteiger partial charge in [0.2, 0.25) is 0 Å². The summed E-state index contributed by atoms with van der Waals surface area (Å²) in [6, 6.07) is 104. The highest BCUT2D eigenvalue weighted by molar-refractivity contribution is 5.95. The van der Waals surface area contributed by atoms with Crippen LogP contribution in [-0.2, 0) is 10.8 Å². The molecule has 2 aliphatic carbocycles. The molecule has 2 spiro atoms. The highest BCUT2D eigenvalue weighted by atomic mass is 16.5. The van der Waals surface area contributed by atoms with Crippen LogP contribution >= 0.6 is 0 Å². The van der Waals surface area contributed by atoms with E-state index in [0.717, 1.165) is 67.9 Å². The molecule has 3 nitrogen and oxygen atoms in total. The van der Waals surface area contributed by atoms with Crippen LogP contribution < -0.4 is 14.4 Å². The third kappa shape index (κ3) is 6.20. The molecule has 3 heteroatoms. The molecule has 77 heavy (non-hydrogen) atoms. The molecule has 0 saturated carbocycles. The predicted octanol–water partition coefficient (Wildman–Crippen LogP) is 19.1. The van der Waals surface area contributed by atoms with E-state index in [1.165, 1.54) is 72.3 Å². The maximum atomic E-state index is 6.64. The molecular weight excluding hydrogens is 935 g/mol. The predicted molar refractivity (Wildman–Crippen MR) is 312 cm³/mol. The summed E-state index contributed by atoms with van der Waals surface area (Å²) >= 11 is 0. The van der Waals surface area contributed by atoms with E-state index in [0.29, 0.717) is 0 Å². The van der Waals surface area contributed by atoms with E-state index in [-0.39, 0.29) is 0 Å². The van der Waals surface area contributed by atoms with Crippen molar-refractivity contribution in [3.05, 3.63) is 330 Å². The quantitative estimate of drug-likeness (QED) is 0.166. The third-order valence-corrected chi connectivity index (χ3v) is 16.8. The van der Waals surface area contributed by atoms with Gasteiger partial charge in [0.05, 0.1) is 16.5 Å². The standard InChI is InChI=1S/C74H47NO2/c1-2-18-48(19-3-1)49-34-40-53(41-35-49)75(54-42-36-50(37-43-54)51-38-44-62-58(46-51)56-21-4-7-23-60(56)73(62)64-25-9-14-30-69(64)76-70-31-15-10-26-65(70)73)68-29-13-6-20-55(68)52-39-45-63-59(47-52)57-22-5-8-24-61(57)74(63)66-27-11-16-32-71(66)77-72-33-17-12-28-67(72)74/h1-47H. The Morgan fingerprint density at radius 1 is 0.221 bits per heavy atom. The molecule has 2 heterocycles. The molecule has 12 aromatic rings. The first-order valence-electron chi connectivity index (χ1n) is 26.6. The highest BCUT2D eigenvalue weighted by Crippen LogP contribution is 2.64. The van der Waals surface area contributed by atoms with Crippen LogP contribution in [0, 0.1) is 0 Å². The SMILES string of the molecule is c1ccc(-c2ccc(N(c3ccc(-c4ccc5c(c4)-c4ccccc4C54c5ccccc5Oc5ccccc54)cc3)c3ccccc3-c3ccc4c(c3)-c3ccccc3C43c4ccccc4Oc4ccccc43)cc2)cc1. The first-order chi connectivity index (χ1) is 38.2. The fraction of sp³-hybridized carbons (Fsp3) is 0.0270. The summed E-state index contributed by atoms with van der Waals surface area (Å²) < 4.78 is 13.2. The van der Waals surface area contributed by atoms with Crippen molar-refractivity contribution in [2.75, 3.05) is 4.90 Å². The van der Waals surface area contributed by atoms with Crippen LogP contribution in [0.3, 0.4) is 0 Å². The summed E-state index contributed by atoms with van der Waals surface area (Å²) in [4.78, 5) is 2.42. The van der Waals surface area contributed by atoms with Gasteiger partial charge in [0, 0.05) is 39.2 Å². The molecule has 16 rings (SSSR count). The first-order valence-corrected chi connectivity index (χ1v) is 26.6. The van der Waals surface area contributed by atoms with Crippen LogP contribution in [-0.4, -0.2) is 0 Å². The summed E-state index contributed by atoms with van der Waals surface area (Å²) in [5.41, 5.74) is 23.9. The number of ether oxygens (including phenoxy) is 2. The first kappa shape index (κ1) is 43.4. The lowest BCUT2D eigenvalue weighted by molar-refractivity contribution is 0.436. The minimum atomic E-state index is -0.533. The van der Waals surface area contributed by atoms with E-state index in [9.17, 15) is 0 Å². The van der Waals surface area contributed by atoms with Gasteiger partial charge in [0.25, 0.3) is 0 Å². The molecule has 0 amide bonds. The second kappa shape index (κ2) is 16.8. The highest BCUT2D eigenvalue weighted by Gasteiger charge is 2.52. The number of para-hydroxylation sites is 5. The van der Waals surface area contributed by atoms with Gasteiger partial charge in [-0.3, -0.25) is 0 Å². The lowest BCUT2D eigenvalue weighted by Gasteiger charge is -2.39. The van der Waals surface area contributed by atoms with E-state index in [4.69, 9.17) is 9.47 Å². The van der Waals surface area contributed by atoms with Crippen LogP contribution in [0.2, 0.25) is 0 Å². The van der Waals surface area contributed by atoms with Crippen molar-refractivity contribution in [2.45, 2.75) is 10.8 Å². The zero-order chi connectivity index (χ0) is 50.7. The van der Waals surface area contributed by atoms with Crippen LogP contribution in [0.1, 0.15) is 44.5 Å². The second-order valence-corrected chi connectivity index (χ2v) is 20.6. The monoisotopic (exact) mass is 981 g/mol. The van der Waals surface area contributed by atoms with E-state index in [2.05, 4.69) is 290 Å². The van der Waals surface area contributed by atoms with Crippen molar-refractivity contribution in [3.8, 4) is 78.6 Å². The normalized spacial score (nSPS) is 13.9. The fourth-order valence-electron chi connectivity index (χ4n) is 13.6. The third-order valence-electron chi connectivity index (χ3n) is 16.8. The van der Waals surface area contributed by atoms with Crippen molar-refractivity contribution < 1.29 is 9.47 Å². The van der Waals surface area contributed by atoms with E-state index in [1.807, 2.05) is 0 Å². The number of rotatable bonds is 6. The van der Waals surface area contributed by atoms with Crippen molar-refractivity contribution >= 4 is 17.1 Å². The number of fused-ring (bicyclic) bond motifs is 18. The summed E-state index contributed by atoms with van der Waals surface area (Å²) in [7, 11) is 0. The molecule has 4 aliphatic rings. The van der Waals surface area contributed by atoms with E-state index in [1.54, 1.807) is 0 Å². The average Bonchev–Trinajstić information content (AvgIpc) is 4.16. The van der Waals surface area contributed by atoms with E-state index < -0.39 is 10.8 Å². The minimum absolute atomic E-state index is 0.505. The summed E-state index contributed by atoms with van der Waals surface area (Å²) in [6.45, 7) is 0. The summed E-state index contributed by atoms with van der Waals surface area (Å²) in [6.07, 6.45) is 0. The van der Waals surface area contributed by atoms with Gasteiger partial charge in [0.15, 0.2) is 0 Å². The summed E-state index contributed by atoms with van der Waals surface area (Å²) in [5.74, 6) is 3.59. The maximum absolute atomic E-state index is 6.64. The van der Waals surface area contributed by atoms with Gasteiger partial charge < -0.3 is 14.4 Å². The van der Waals surface area contributed by atoms with Crippen LogP contribution in [0.4, 0.5) is 17.1 Å². The van der Waals surface area contributed by atoms with Crippen molar-refractivity contribution in [1.82, 2.24) is 0 Å². The minimum Gasteiger partial charge on any atom is -0.457 e. The Labute approximate surface area is 448 Å². The van der Waals surface area contributed by atoms with Gasteiger partial charge in [-0.2, -0.15) is 0 Å². The Morgan fingerprint density at radius 2 is 0.545 bits per heavy atom. The average molecular weight is 982 g/mol. The molecule has 0 atom stereocenters. The van der Waals surface area contributed by atoms with Crippen molar-refractivity contribution in [1.29, 1.82) is 0 Å². The molecule has 0 saturated heterocycles. The van der Waals surface area contributed by atoms with Gasteiger partial charge in [-0.15, -0.1) is 0 Å². The van der Waals surface area contributed by atoms with Gasteiger partial charge in [0.1, 0.15) is 23.0 Å². The van der Waals surface area contributed by atoms with E-state index >= 15 is 0 Å². The van der Waals surface area contributed by atoms with Crippen molar-refractivity contribution in [3.63, 3.8) is 0 Å². The van der Waals surface area contributed by atoms with Crippen molar-refractivity contribution in [2.24, 2.45) is 0 Å². The Kier molecular flexibility index (Phi) is 9.47. The Bertz CT molecular complexity index is 4250. The zero-order valence-electron chi connectivity index (χ0n) is 41.9. The fourth-order valence-corrected chi connectivity index (χ4v) is 13.6. The Balaban J connectivity index is 0.831. The van der Waals surface area contributed by atoms with Gasteiger partial charge in [-0.05, 0) is 139 Å². The molecule has 2 aliphatic heterocycles. The molecule has 0 aromatic heterocycles. The lowest BCUT2D eigenvalue weighted by atomic mass is 9.66. The number of hydrogen-bond acceptors (Lipinski definition) is 3. The van der Waals surface area contributed by atoms with Gasteiger partial charge in [-0.1, -0.05) is 218 Å². The smallest absolute Gasteiger partial charge is 0.132 e. The molecule has 360 valence electrons. The summed E-state index contributed by atoms with van der Waals surface area (Å²) in [5, 5.41) is 0. The molecule has 0 bridgehead atoms. The Hall–Kier alpha value is -9.96. The molecular formula is C74H47NO2. The van der Waals surface area contributed by atoms with Gasteiger partial charge in [-0.25, -0.2) is 0 Å². The zero-order valence-corrected chi connectivity index (χ0v) is 41.9. The molecule has 0 unspecified atom stereocenters. The second-order valence-electron chi connectivity index (χ2n) is 20.6. The van der Waals surface area contributed by atoms with Gasteiger partial charge >= 0.3 is 0 Å². The Morgan fingerprint density at radius 3 is 1.03 bits per heavy atom. The molecule has 0 fully saturated rings. The topological polar surface area (TPSA) is 21.7 Å². The molecule has 0 radical (unpaired) electrons. The lowest BCUT2D eigenvalue weighted by Crippen LogP contribution is -2.32. The van der Waals surface area contributed by atoms with Crippen LogP contribution in [0.25, 0.3) is 55.6 Å². The largest absolute Gasteiger partial charge is 0.457 e. The number of anilines is 3. The number of nitrogens with zero attached hydrogens (tertiary/aromatic N) is 1. The molecule has 0 N–H and O–H groups in total.